The number of hydrogen-bond acceptors (Lipinski definition) is 5. The Morgan fingerprint density at radius 3 is 2.88 bits per heavy atom. The summed E-state index contributed by atoms with van der Waals surface area (Å²) in [5, 5.41) is 13.0. The van der Waals surface area contributed by atoms with Crippen molar-refractivity contribution in [2.75, 3.05) is 6.61 Å². The van der Waals surface area contributed by atoms with Crippen molar-refractivity contribution in [3.63, 3.8) is 0 Å². The highest BCUT2D eigenvalue weighted by atomic mass is 19.1. The zero-order valence-corrected chi connectivity index (χ0v) is 8.93. The molecule has 96 valence electrons. The number of amides is 2. The molecule has 1 rings (SSSR count). The third kappa shape index (κ3) is 3.77. The summed E-state index contributed by atoms with van der Waals surface area (Å²) in [6.07, 6.45) is -0.173. The first kappa shape index (κ1) is 13.6. The molecule has 17 heavy (non-hydrogen) atoms. The van der Waals surface area contributed by atoms with Gasteiger partial charge in [0.05, 0.1) is 12.7 Å². The van der Waals surface area contributed by atoms with Gasteiger partial charge in [0.2, 0.25) is 12.2 Å². The first-order valence-electron chi connectivity index (χ1n) is 4.96. The Kier molecular flexibility index (Phi) is 5.01. The highest BCUT2D eigenvalue weighted by Gasteiger charge is 2.33. The molecule has 0 aliphatic carbocycles. The highest BCUT2D eigenvalue weighted by Crippen LogP contribution is 2.16. The lowest BCUT2D eigenvalue weighted by molar-refractivity contribution is -0.123. The number of nitrogens with two attached hydrogens (primary N) is 1. The van der Waals surface area contributed by atoms with Gasteiger partial charge in [0.15, 0.2) is 0 Å². The summed E-state index contributed by atoms with van der Waals surface area (Å²) in [7, 11) is 0. The molecule has 3 atom stereocenters. The van der Waals surface area contributed by atoms with Crippen LogP contribution in [-0.4, -0.2) is 42.4 Å². The minimum Gasteiger partial charge on any atom is -0.394 e. The van der Waals surface area contributed by atoms with Crippen LogP contribution in [0.15, 0.2) is 12.0 Å². The molecule has 0 saturated carbocycles. The summed E-state index contributed by atoms with van der Waals surface area (Å²) >= 11 is 0. The lowest BCUT2D eigenvalue weighted by Crippen LogP contribution is -2.35. The van der Waals surface area contributed by atoms with E-state index in [-0.39, 0.29) is 19.4 Å². The van der Waals surface area contributed by atoms with Gasteiger partial charge in [-0.3, -0.25) is 9.59 Å². The van der Waals surface area contributed by atoms with E-state index in [1.807, 2.05) is 5.32 Å². The number of halogens is 1. The maximum Gasteiger partial charge on any atom is 0.283 e. The van der Waals surface area contributed by atoms with E-state index in [1.54, 1.807) is 0 Å². The Morgan fingerprint density at radius 2 is 2.35 bits per heavy atom. The predicted molar refractivity (Wildman–Crippen MR) is 54.9 cm³/mol. The van der Waals surface area contributed by atoms with Crippen LogP contribution in [0.25, 0.3) is 0 Å². The van der Waals surface area contributed by atoms with Gasteiger partial charge in [-0.2, -0.15) is 4.39 Å². The van der Waals surface area contributed by atoms with Gasteiger partial charge in [-0.25, -0.2) is 0 Å². The molecule has 5 N–H and O–H groups in total. The fraction of sp³-hybridized carbons (Fsp3) is 0.556. The molecule has 1 heterocycles. The number of hydrogen-bond donors (Lipinski definition) is 4. The monoisotopic (exact) mass is 247 g/mol. The maximum atomic E-state index is 13.0. The molecule has 0 aromatic carbocycles. The molecule has 3 unspecified atom stereocenters. The number of aliphatic hydroxyl groups excluding tert-OH is 1. The summed E-state index contributed by atoms with van der Waals surface area (Å²) in [4.78, 5) is 21.1. The molecule has 7 nitrogen and oxygen atoms in total. The Hall–Kier alpha value is -1.51. The summed E-state index contributed by atoms with van der Waals surface area (Å²) in [6.45, 7) is -0.265. The Labute approximate surface area is 96.8 Å². The van der Waals surface area contributed by atoms with Crippen molar-refractivity contribution in [3.8, 4) is 0 Å². The molecule has 0 aromatic heterocycles. The number of ether oxygens (including phenoxy) is 1. The van der Waals surface area contributed by atoms with Crippen LogP contribution in [0.4, 0.5) is 4.39 Å². The van der Waals surface area contributed by atoms with Crippen molar-refractivity contribution in [2.24, 2.45) is 5.73 Å². The van der Waals surface area contributed by atoms with Crippen LogP contribution >= 0.6 is 0 Å². The second kappa shape index (κ2) is 6.28. The van der Waals surface area contributed by atoms with E-state index in [4.69, 9.17) is 15.6 Å². The molecule has 1 fully saturated rings. The van der Waals surface area contributed by atoms with E-state index in [0.717, 1.165) is 0 Å². The van der Waals surface area contributed by atoms with Crippen LogP contribution in [0.3, 0.4) is 0 Å². The normalized spacial score (nSPS) is 28.9. The van der Waals surface area contributed by atoms with E-state index < -0.39 is 30.1 Å². The van der Waals surface area contributed by atoms with E-state index >= 15 is 0 Å². The topological polar surface area (TPSA) is 114 Å². The van der Waals surface area contributed by atoms with Gasteiger partial charge in [-0.1, -0.05) is 0 Å². The zero-order valence-electron chi connectivity index (χ0n) is 8.93. The number of carbonyl (C=O) groups is 2. The average molecular weight is 247 g/mol. The van der Waals surface area contributed by atoms with Crippen molar-refractivity contribution < 1.29 is 23.8 Å². The molecule has 2 amide bonds. The first-order chi connectivity index (χ1) is 8.08. The van der Waals surface area contributed by atoms with Crippen LogP contribution in [0.2, 0.25) is 0 Å². The van der Waals surface area contributed by atoms with Crippen LogP contribution in [-0.2, 0) is 14.3 Å². The van der Waals surface area contributed by atoms with E-state index in [0.29, 0.717) is 6.20 Å². The van der Waals surface area contributed by atoms with Gasteiger partial charge in [-0.15, -0.1) is 0 Å². The van der Waals surface area contributed by atoms with Crippen molar-refractivity contribution in [1.82, 2.24) is 10.6 Å². The molecule has 0 bridgehead atoms. The fourth-order valence-corrected chi connectivity index (χ4v) is 1.43. The van der Waals surface area contributed by atoms with Crippen molar-refractivity contribution in [1.29, 1.82) is 0 Å². The lowest BCUT2D eigenvalue weighted by Gasteiger charge is -2.13. The van der Waals surface area contributed by atoms with Gasteiger partial charge >= 0.3 is 0 Å². The number of carbonyl (C=O) groups excluding carboxylic acids is 2. The minimum atomic E-state index is -1.15. The minimum absolute atomic E-state index is 0.233. The maximum absolute atomic E-state index is 13.0. The third-order valence-electron chi connectivity index (χ3n) is 2.27. The summed E-state index contributed by atoms with van der Waals surface area (Å²) < 4.78 is 18.2. The Morgan fingerprint density at radius 1 is 1.65 bits per heavy atom. The van der Waals surface area contributed by atoms with Crippen LogP contribution in [0, 0.1) is 0 Å². The predicted octanol–water partition coefficient (Wildman–Crippen LogP) is -1.91. The molecule has 8 heteroatoms. The molecule has 0 radical (unpaired) electrons. The number of aliphatic hydroxyl groups is 1. The van der Waals surface area contributed by atoms with Crippen molar-refractivity contribution in [2.45, 2.75) is 24.8 Å². The zero-order chi connectivity index (χ0) is 12.8. The van der Waals surface area contributed by atoms with Crippen molar-refractivity contribution >= 4 is 12.3 Å². The second-order valence-corrected chi connectivity index (χ2v) is 3.50. The largest absolute Gasteiger partial charge is 0.394 e. The fourth-order valence-electron chi connectivity index (χ4n) is 1.43. The molecular formula is C9H14FN3O4. The summed E-state index contributed by atoms with van der Waals surface area (Å²) in [5.74, 6) is -2.17. The summed E-state index contributed by atoms with van der Waals surface area (Å²) in [5.41, 5.74) is 5.61. The quantitative estimate of drug-likeness (QED) is 0.334. The average Bonchev–Trinajstić information content (AvgIpc) is 2.66. The Balaban J connectivity index is 2.45. The second-order valence-electron chi connectivity index (χ2n) is 3.50. The van der Waals surface area contributed by atoms with Gasteiger partial charge in [0, 0.05) is 18.7 Å². The molecule has 1 aliphatic heterocycles. The molecule has 0 spiro atoms. The molecular weight excluding hydrogens is 233 g/mol. The van der Waals surface area contributed by atoms with E-state index in [2.05, 4.69) is 5.32 Å². The standard InChI is InChI=1S/C9H14FN3O4/c10-5(2-12-4-15)9(16)13-8-1-6(11)7(3-14)17-8/h2,4,6-8,14H,1,3,11H2,(H,12,15)(H,13,16)/b5-2+. The number of nitrogens with one attached hydrogen (secondary N) is 2. The Bertz CT molecular complexity index is 323. The summed E-state index contributed by atoms with van der Waals surface area (Å²) in [6, 6.07) is -0.412. The first-order valence-corrected chi connectivity index (χ1v) is 4.96. The smallest absolute Gasteiger partial charge is 0.283 e. The van der Waals surface area contributed by atoms with Crippen LogP contribution < -0.4 is 16.4 Å². The van der Waals surface area contributed by atoms with Gasteiger partial charge in [0.1, 0.15) is 6.23 Å². The SMILES string of the molecule is NC1CC(NC(=O)/C(F)=C\NC=O)OC1CO. The van der Waals surface area contributed by atoms with E-state index in [9.17, 15) is 14.0 Å². The van der Waals surface area contributed by atoms with Gasteiger partial charge < -0.3 is 26.2 Å². The molecule has 1 saturated heterocycles. The van der Waals surface area contributed by atoms with Gasteiger partial charge in [-0.05, 0) is 0 Å². The van der Waals surface area contributed by atoms with E-state index in [1.165, 1.54) is 0 Å². The lowest BCUT2D eigenvalue weighted by atomic mass is 10.1. The highest BCUT2D eigenvalue weighted by molar-refractivity contribution is 5.91. The van der Waals surface area contributed by atoms with Gasteiger partial charge in [0.25, 0.3) is 5.91 Å². The van der Waals surface area contributed by atoms with Crippen LogP contribution in [0.1, 0.15) is 6.42 Å². The molecule has 1 aliphatic rings. The van der Waals surface area contributed by atoms with Crippen molar-refractivity contribution in [3.05, 3.63) is 12.0 Å². The third-order valence-corrected chi connectivity index (χ3v) is 2.27. The number of rotatable bonds is 5. The molecule has 0 aromatic rings. The van der Waals surface area contributed by atoms with Crippen LogP contribution in [0.5, 0.6) is 0 Å².